The Hall–Kier alpha value is -2.17. The molecule has 1 aromatic carbocycles. The van der Waals surface area contributed by atoms with Crippen molar-refractivity contribution in [3.8, 4) is 0 Å². The number of hydrogen-bond donors (Lipinski definition) is 1. The van der Waals surface area contributed by atoms with Crippen molar-refractivity contribution in [3.05, 3.63) is 35.9 Å². The van der Waals surface area contributed by atoms with Crippen molar-refractivity contribution < 1.29 is 14.3 Å². The summed E-state index contributed by atoms with van der Waals surface area (Å²) in [7, 11) is 0. The number of ether oxygens (including phenoxy) is 1. The molecule has 0 aliphatic carbocycles. The second-order valence-corrected chi connectivity index (χ2v) is 2.92. The predicted molar refractivity (Wildman–Crippen MR) is 52.3 cm³/mol. The van der Waals surface area contributed by atoms with Crippen LogP contribution in [0, 0.1) is 0 Å². The number of esters is 1. The molecule has 1 aliphatic heterocycles. The zero-order chi connectivity index (χ0) is 10.7. The van der Waals surface area contributed by atoms with Gasteiger partial charge in [-0.15, -0.1) is 0 Å². The standard InChI is InChI=1S/C10H8N2O3/c13-8-6-11-10(12-8)15-9(14)7-4-2-1-3-5-7/h1-5H,6H2,(H,11,12,13). The van der Waals surface area contributed by atoms with E-state index in [0.29, 0.717) is 5.56 Å². The molecule has 1 aliphatic rings. The third-order valence-electron chi connectivity index (χ3n) is 1.82. The lowest BCUT2D eigenvalue weighted by Crippen LogP contribution is -2.24. The normalized spacial score (nSPS) is 14.4. The van der Waals surface area contributed by atoms with E-state index in [1.165, 1.54) is 0 Å². The van der Waals surface area contributed by atoms with Gasteiger partial charge >= 0.3 is 12.0 Å². The second kappa shape index (κ2) is 3.91. The van der Waals surface area contributed by atoms with E-state index in [2.05, 4.69) is 10.3 Å². The molecule has 0 saturated heterocycles. The summed E-state index contributed by atoms with van der Waals surface area (Å²) in [4.78, 5) is 25.7. The lowest BCUT2D eigenvalue weighted by Gasteiger charge is -2.02. The Balaban J connectivity index is 2.05. The molecule has 5 heteroatoms. The highest BCUT2D eigenvalue weighted by molar-refractivity contribution is 6.04. The van der Waals surface area contributed by atoms with Gasteiger partial charge in [-0.05, 0) is 12.1 Å². The molecule has 0 radical (unpaired) electrons. The predicted octanol–water partition coefficient (Wildman–Crippen LogP) is 0.329. The van der Waals surface area contributed by atoms with Crippen LogP contribution in [0.25, 0.3) is 0 Å². The molecular formula is C10H8N2O3. The summed E-state index contributed by atoms with van der Waals surface area (Å²) < 4.78 is 4.85. The Labute approximate surface area is 85.8 Å². The minimum absolute atomic E-state index is 0.0335. The van der Waals surface area contributed by atoms with Gasteiger partial charge in [-0.1, -0.05) is 18.2 Å². The second-order valence-electron chi connectivity index (χ2n) is 2.92. The molecule has 0 aromatic heterocycles. The largest absolute Gasteiger partial charge is 0.389 e. The molecule has 76 valence electrons. The SMILES string of the molecule is O=C1CNC(OC(=O)c2ccccc2)=N1. The molecule has 5 nitrogen and oxygen atoms in total. The average molecular weight is 204 g/mol. The first-order valence-corrected chi connectivity index (χ1v) is 4.38. The number of aliphatic imine (C=N–C) groups is 1. The van der Waals surface area contributed by atoms with Crippen molar-refractivity contribution in [1.29, 1.82) is 0 Å². The number of nitrogens with one attached hydrogen (secondary N) is 1. The van der Waals surface area contributed by atoms with Crippen LogP contribution in [-0.2, 0) is 9.53 Å². The van der Waals surface area contributed by atoms with Crippen LogP contribution in [-0.4, -0.2) is 24.4 Å². The fourth-order valence-electron chi connectivity index (χ4n) is 1.12. The molecule has 0 unspecified atom stereocenters. The van der Waals surface area contributed by atoms with Gasteiger partial charge in [-0.3, -0.25) is 4.79 Å². The van der Waals surface area contributed by atoms with Gasteiger partial charge in [0.25, 0.3) is 5.91 Å². The van der Waals surface area contributed by atoms with Gasteiger partial charge < -0.3 is 10.1 Å². The molecule has 0 spiro atoms. The number of amidine groups is 1. The Kier molecular flexibility index (Phi) is 2.45. The maximum absolute atomic E-state index is 11.5. The molecule has 1 N–H and O–H groups in total. The zero-order valence-electron chi connectivity index (χ0n) is 7.77. The molecule has 2 rings (SSSR count). The number of amides is 1. The molecular weight excluding hydrogens is 196 g/mol. The van der Waals surface area contributed by atoms with Crippen LogP contribution in [0.15, 0.2) is 35.3 Å². The quantitative estimate of drug-likeness (QED) is 0.669. The van der Waals surface area contributed by atoms with Crippen LogP contribution in [0.1, 0.15) is 10.4 Å². The first-order chi connectivity index (χ1) is 7.25. The minimum Gasteiger partial charge on any atom is -0.389 e. The highest BCUT2D eigenvalue weighted by atomic mass is 16.6. The molecule has 15 heavy (non-hydrogen) atoms. The van der Waals surface area contributed by atoms with Gasteiger partial charge in [0.1, 0.15) is 6.54 Å². The van der Waals surface area contributed by atoms with Gasteiger partial charge in [0.05, 0.1) is 5.56 Å². The smallest absolute Gasteiger partial charge is 0.345 e. The van der Waals surface area contributed by atoms with Crippen LogP contribution in [0.3, 0.4) is 0 Å². The van der Waals surface area contributed by atoms with Crippen LogP contribution in [0.5, 0.6) is 0 Å². The topological polar surface area (TPSA) is 67.8 Å². The lowest BCUT2D eigenvalue weighted by molar-refractivity contribution is -0.116. The van der Waals surface area contributed by atoms with Crippen molar-refractivity contribution in [2.45, 2.75) is 0 Å². The summed E-state index contributed by atoms with van der Waals surface area (Å²) in [5.41, 5.74) is 0.418. The number of carbonyl (C=O) groups is 2. The van der Waals surface area contributed by atoms with E-state index in [-0.39, 0.29) is 18.5 Å². The lowest BCUT2D eigenvalue weighted by atomic mass is 10.2. The van der Waals surface area contributed by atoms with Crippen LogP contribution < -0.4 is 5.32 Å². The highest BCUT2D eigenvalue weighted by Crippen LogP contribution is 2.02. The maximum atomic E-state index is 11.5. The summed E-state index contributed by atoms with van der Waals surface area (Å²) in [5, 5.41) is 2.56. The van der Waals surface area contributed by atoms with E-state index in [1.54, 1.807) is 30.3 Å². The van der Waals surface area contributed by atoms with Gasteiger partial charge in [-0.25, -0.2) is 4.79 Å². The van der Waals surface area contributed by atoms with E-state index < -0.39 is 5.97 Å². The first kappa shape index (κ1) is 9.39. The molecule has 0 fully saturated rings. The molecule has 0 bridgehead atoms. The monoisotopic (exact) mass is 204 g/mol. The van der Waals surface area contributed by atoms with Crippen LogP contribution in [0.2, 0.25) is 0 Å². The average Bonchev–Trinajstić information content (AvgIpc) is 2.65. The molecule has 1 heterocycles. The van der Waals surface area contributed by atoms with E-state index in [0.717, 1.165) is 0 Å². The summed E-state index contributed by atoms with van der Waals surface area (Å²) in [6.07, 6.45) is 0. The Morgan fingerprint density at radius 1 is 1.33 bits per heavy atom. The third kappa shape index (κ3) is 2.19. The van der Waals surface area contributed by atoms with Gasteiger partial charge in [0, 0.05) is 0 Å². The van der Waals surface area contributed by atoms with Gasteiger partial charge in [0.2, 0.25) is 0 Å². The van der Waals surface area contributed by atoms with E-state index in [4.69, 9.17) is 4.74 Å². The minimum atomic E-state index is -0.531. The van der Waals surface area contributed by atoms with Crippen molar-refractivity contribution in [1.82, 2.24) is 5.32 Å². The van der Waals surface area contributed by atoms with E-state index >= 15 is 0 Å². The summed E-state index contributed by atoms with van der Waals surface area (Å²) in [6, 6.07) is 8.47. The fourth-order valence-corrected chi connectivity index (χ4v) is 1.12. The highest BCUT2D eigenvalue weighted by Gasteiger charge is 2.17. The van der Waals surface area contributed by atoms with E-state index in [9.17, 15) is 9.59 Å². The first-order valence-electron chi connectivity index (χ1n) is 4.38. The molecule has 1 amide bonds. The van der Waals surface area contributed by atoms with Crippen molar-refractivity contribution in [2.24, 2.45) is 4.99 Å². The zero-order valence-corrected chi connectivity index (χ0v) is 7.77. The van der Waals surface area contributed by atoms with Crippen LogP contribution in [0.4, 0.5) is 0 Å². The maximum Gasteiger partial charge on any atom is 0.345 e. The fraction of sp³-hybridized carbons (Fsp3) is 0.100. The Morgan fingerprint density at radius 2 is 2.07 bits per heavy atom. The van der Waals surface area contributed by atoms with Crippen molar-refractivity contribution >= 4 is 17.9 Å². The van der Waals surface area contributed by atoms with Gasteiger partial charge in [-0.2, -0.15) is 4.99 Å². The van der Waals surface area contributed by atoms with Crippen LogP contribution >= 0.6 is 0 Å². The van der Waals surface area contributed by atoms with Gasteiger partial charge in [0.15, 0.2) is 0 Å². The number of benzene rings is 1. The molecule has 0 saturated carbocycles. The molecule has 1 aromatic rings. The summed E-state index contributed by atoms with van der Waals surface area (Å²) >= 11 is 0. The summed E-state index contributed by atoms with van der Waals surface area (Å²) in [5.74, 6) is -0.873. The van der Waals surface area contributed by atoms with E-state index in [1.807, 2.05) is 0 Å². The number of nitrogens with zero attached hydrogens (tertiary/aromatic N) is 1. The third-order valence-corrected chi connectivity index (χ3v) is 1.82. The molecule has 0 atom stereocenters. The Morgan fingerprint density at radius 3 is 2.67 bits per heavy atom. The Bertz CT molecular complexity index is 426. The summed E-state index contributed by atoms with van der Waals surface area (Å²) in [6.45, 7) is 0.0808. The van der Waals surface area contributed by atoms with Crippen molar-refractivity contribution in [3.63, 3.8) is 0 Å². The number of hydrogen-bond acceptors (Lipinski definition) is 4. The number of rotatable bonds is 1. The van der Waals surface area contributed by atoms with Crippen molar-refractivity contribution in [2.75, 3.05) is 6.54 Å². The number of carbonyl (C=O) groups excluding carboxylic acids is 2.